The fraction of sp³-hybridized carbons (Fsp3) is 0.125. The van der Waals surface area contributed by atoms with E-state index in [2.05, 4.69) is 20.6 Å². The highest BCUT2D eigenvalue weighted by atomic mass is 16.1. The van der Waals surface area contributed by atoms with Gasteiger partial charge in [0.05, 0.1) is 5.69 Å². The number of benzene rings is 1. The first-order chi connectivity index (χ1) is 10.6. The number of nitrogens with zero attached hydrogens (tertiary/aromatic N) is 4. The summed E-state index contributed by atoms with van der Waals surface area (Å²) in [5, 5.41) is 15.2. The van der Waals surface area contributed by atoms with Gasteiger partial charge in [0.25, 0.3) is 5.91 Å². The molecule has 0 aliphatic carbocycles. The standard InChI is InChI=1S/C16H15N5O/c1-11-10-12(2)21(20-11)15-9-8-14(18-19-15)16(22)17-13-6-4-3-5-7-13/h3-10H,1-2H3,(H,17,22). The molecule has 0 saturated heterocycles. The summed E-state index contributed by atoms with van der Waals surface area (Å²) in [7, 11) is 0. The van der Waals surface area contributed by atoms with Crippen LogP contribution in [0.5, 0.6) is 0 Å². The highest BCUT2D eigenvalue weighted by Crippen LogP contribution is 2.10. The highest BCUT2D eigenvalue weighted by Gasteiger charge is 2.10. The first kappa shape index (κ1) is 13.9. The molecule has 22 heavy (non-hydrogen) atoms. The molecule has 6 heteroatoms. The summed E-state index contributed by atoms with van der Waals surface area (Å²) in [4.78, 5) is 12.1. The van der Waals surface area contributed by atoms with Crippen molar-refractivity contribution >= 4 is 11.6 Å². The summed E-state index contributed by atoms with van der Waals surface area (Å²) in [6, 6.07) is 14.5. The molecule has 1 aromatic carbocycles. The van der Waals surface area contributed by atoms with Crippen LogP contribution in [0.4, 0.5) is 5.69 Å². The molecule has 6 nitrogen and oxygen atoms in total. The number of carbonyl (C=O) groups excluding carboxylic acids is 1. The molecule has 2 aromatic heterocycles. The third kappa shape index (κ3) is 2.85. The van der Waals surface area contributed by atoms with Crippen LogP contribution < -0.4 is 5.32 Å². The van der Waals surface area contributed by atoms with Crippen LogP contribution in [-0.2, 0) is 0 Å². The number of aryl methyl sites for hydroxylation is 2. The molecule has 3 aromatic rings. The van der Waals surface area contributed by atoms with Crippen molar-refractivity contribution in [3.05, 3.63) is 65.6 Å². The molecule has 0 atom stereocenters. The molecule has 2 heterocycles. The molecule has 0 aliphatic rings. The molecule has 0 radical (unpaired) electrons. The maximum atomic E-state index is 12.1. The minimum absolute atomic E-state index is 0.258. The highest BCUT2D eigenvalue weighted by molar-refractivity contribution is 6.02. The molecule has 0 spiro atoms. The van der Waals surface area contributed by atoms with E-state index in [4.69, 9.17) is 0 Å². The summed E-state index contributed by atoms with van der Waals surface area (Å²) in [6.07, 6.45) is 0. The van der Waals surface area contributed by atoms with Gasteiger partial charge < -0.3 is 5.32 Å². The van der Waals surface area contributed by atoms with Gasteiger partial charge in [0.2, 0.25) is 0 Å². The number of hydrogen-bond acceptors (Lipinski definition) is 4. The van der Waals surface area contributed by atoms with Crippen LogP contribution in [0.25, 0.3) is 5.82 Å². The zero-order chi connectivity index (χ0) is 15.5. The Morgan fingerprint density at radius 1 is 1.05 bits per heavy atom. The third-order valence-corrected chi connectivity index (χ3v) is 3.14. The molecule has 0 fully saturated rings. The lowest BCUT2D eigenvalue weighted by atomic mass is 10.3. The molecule has 1 N–H and O–H groups in total. The Balaban J connectivity index is 1.79. The first-order valence-corrected chi connectivity index (χ1v) is 6.87. The summed E-state index contributed by atoms with van der Waals surface area (Å²) in [5.41, 5.74) is 2.85. The van der Waals surface area contributed by atoms with E-state index in [9.17, 15) is 4.79 Å². The minimum Gasteiger partial charge on any atom is -0.321 e. The summed E-state index contributed by atoms with van der Waals surface area (Å²) in [6.45, 7) is 3.86. The van der Waals surface area contributed by atoms with E-state index >= 15 is 0 Å². The lowest BCUT2D eigenvalue weighted by Gasteiger charge is -2.05. The van der Waals surface area contributed by atoms with E-state index in [1.54, 1.807) is 16.8 Å². The second-order valence-corrected chi connectivity index (χ2v) is 4.94. The number of amides is 1. The maximum absolute atomic E-state index is 12.1. The van der Waals surface area contributed by atoms with Crippen LogP contribution in [0.15, 0.2) is 48.5 Å². The SMILES string of the molecule is Cc1cc(C)n(-c2ccc(C(=O)Nc3ccccc3)nn2)n1. The molecule has 0 saturated carbocycles. The molecule has 0 bridgehead atoms. The van der Waals surface area contributed by atoms with Gasteiger partial charge in [-0.05, 0) is 44.2 Å². The molecule has 1 amide bonds. The number of hydrogen-bond donors (Lipinski definition) is 1. The smallest absolute Gasteiger partial charge is 0.276 e. The van der Waals surface area contributed by atoms with Crippen LogP contribution in [0.3, 0.4) is 0 Å². The Hall–Kier alpha value is -3.02. The predicted molar refractivity (Wildman–Crippen MR) is 83.0 cm³/mol. The van der Waals surface area contributed by atoms with Crippen molar-refractivity contribution in [2.75, 3.05) is 5.32 Å². The van der Waals surface area contributed by atoms with Gasteiger partial charge in [-0.25, -0.2) is 4.68 Å². The van der Waals surface area contributed by atoms with Crippen molar-refractivity contribution in [3.63, 3.8) is 0 Å². The fourth-order valence-corrected chi connectivity index (χ4v) is 2.14. The normalized spacial score (nSPS) is 10.5. The van der Waals surface area contributed by atoms with Gasteiger partial charge in [-0.15, -0.1) is 10.2 Å². The van der Waals surface area contributed by atoms with Gasteiger partial charge in [-0.1, -0.05) is 18.2 Å². The van der Waals surface area contributed by atoms with Crippen LogP contribution in [0.2, 0.25) is 0 Å². The van der Waals surface area contributed by atoms with E-state index in [0.29, 0.717) is 5.82 Å². The van der Waals surface area contributed by atoms with Gasteiger partial charge in [-0.3, -0.25) is 4.79 Å². The molecular weight excluding hydrogens is 278 g/mol. The van der Waals surface area contributed by atoms with E-state index in [0.717, 1.165) is 17.1 Å². The van der Waals surface area contributed by atoms with Gasteiger partial charge in [0.15, 0.2) is 11.5 Å². The van der Waals surface area contributed by atoms with E-state index in [-0.39, 0.29) is 11.6 Å². The average molecular weight is 293 g/mol. The van der Waals surface area contributed by atoms with E-state index in [1.165, 1.54) is 0 Å². The Kier molecular flexibility index (Phi) is 3.65. The molecule has 0 aliphatic heterocycles. The number of aromatic nitrogens is 4. The number of carbonyl (C=O) groups is 1. The van der Waals surface area contributed by atoms with Crippen molar-refractivity contribution in [2.45, 2.75) is 13.8 Å². The quantitative estimate of drug-likeness (QED) is 0.805. The molecule has 110 valence electrons. The van der Waals surface area contributed by atoms with E-state index in [1.807, 2.05) is 50.2 Å². The average Bonchev–Trinajstić information content (AvgIpc) is 2.87. The van der Waals surface area contributed by atoms with Crippen molar-refractivity contribution in [2.24, 2.45) is 0 Å². The molecule has 3 rings (SSSR count). The summed E-state index contributed by atoms with van der Waals surface area (Å²) in [5.74, 6) is 0.292. The van der Waals surface area contributed by atoms with Gasteiger partial charge in [-0.2, -0.15) is 5.10 Å². The van der Waals surface area contributed by atoms with Crippen molar-refractivity contribution in [1.29, 1.82) is 0 Å². The van der Waals surface area contributed by atoms with Crippen LogP contribution in [-0.4, -0.2) is 25.9 Å². The van der Waals surface area contributed by atoms with Crippen LogP contribution in [0.1, 0.15) is 21.9 Å². The number of para-hydroxylation sites is 1. The number of nitrogens with one attached hydrogen (secondary N) is 1. The van der Waals surface area contributed by atoms with Gasteiger partial charge >= 0.3 is 0 Å². The Morgan fingerprint density at radius 2 is 1.82 bits per heavy atom. The number of anilines is 1. The summed E-state index contributed by atoms with van der Waals surface area (Å²) >= 11 is 0. The monoisotopic (exact) mass is 293 g/mol. The lowest BCUT2D eigenvalue weighted by Crippen LogP contribution is -2.15. The van der Waals surface area contributed by atoms with Crippen LogP contribution >= 0.6 is 0 Å². The zero-order valence-electron chi connectivity index (χ0n) is 12.3. The van der Waals surface area contributed by atoms with Crippen molar-refractivity contribution < 1.29 is 4.79 Å². The van der Waals surface area contributed by atoms with Crippen molar-refractivity contribution in [3.8, 4) is 5.82 Å². The molecule has 0 unspecified atom stereocenters. The topological polar surface area (TPSA) is 72.7 Å². The maximum Gasteiger partial charge on any atom is 0.276 e. The van der Waals surface area contributed by atoms with Gasteiger partial charge in [0.1, 0.15) is 0 Å². The van der Waals surface area contributed by atoms with Crippen LogP contribution in [0, 0.1) is 13.8 Å². The Morgan fingerprint density at radius 3 is 2.41 bits per heavy atom. The molecular formula is C16H15N5O. The zero-order valence-corrected chi connectivity index (χ0v) is 12.3. The second kappa shape index (κ2) is 5.77. The van der Waals surface area contributed by atoms with E-state index < -0.39 is 0 Å². The summed E-state index contributed by atoms with van der Waals surface area (Å²) < 4.78 is 1.70. The van der Waals surface area contributed by atoms with Gasteiger partial charge in [0, 0.05) is 11.4 Å². The lowest BCUT2D eigenvalue weighted by molar-refractivity contribution is 0.102. The largest absolute Gasteiger partial charge is 0.321 e. The Bertz CT molecular complexity index is 793. The second-order valence-electron chi connectivity index (χ2n) is 4.94. The predicted octanol–water partition coefficient (Wildman–Crippen LogP) is 2.53. The number of rotatable bonds is 3. The fourth-order valence-electron chi connectivity index (χ4n) is 2.14. The first-order valence-electron chi connectivity index (χ1n) is 6.87. The third-order valence-electron chi connectivity index (χ3n) is 3.14. The minimum atomic E-state index is -0.293. The van der Waals surface area contributed by atoms with Crippen molar-refractivity contribution in [1.82, 2.24) is 20.0 Å². The Labute approximate surface area is 127 Å².